The van der Waals surface area contributed by atoms with Crippen LogP contribution in [0.25, 0.3) is 0 Å². The fourth-order valence-corrected chi connectivity index (χ4v) is 1.97. The van der Waals surface area contributed by atoms with Gasteiger partial charge in [0, 0.05) is 6.04 Å². The SMILES string of the molecule is CN1CCCC[C@H]1C(C)(C)O. The molecule has 2 nitrogen and oxygen atoms in total. The molecule has 0 amide bonds. The molecule has 0 aromatic rings. The first-order chi connectivity index (χ1) is 5.02. The molecule has 66 valence electrons. The first-order valence-electron chi connectivity index (χ1n) is 4.44. The zero-order valence-electron chi connectivity index (χ0n) is 7.80. The number of hydrogen-bond acceptors (Lipinski definition) is 2. The Morgan fingerprint density at radius 2 is 2.00 bits per heavy atom. The van der Waals surface area contributed by atoms with Crippen LogP contribution in [0.5, 0.6) is 0 Å². The summed E-state index contributed by atoms with van der Waals surface area (Å²) in [4.78, 5) is 2.27. The maximum Gasteiger partial charge on any atom is 0.0746 e. The Morgan fingerprint density at radius 1 is 1.36 bits per heavy atom. The van der Waals surface area contributed by atoms with Crippen LogP contribution in [0.3, 0.4) is 0 Å². The van der Waals surface area contributed by atoms with Crippen molar-refractivity contribution >= 4 is 0 Å². The molecule has 1 heterocycles. The lowest BCUT2D eigenvalue weighted by molar-refractivity contribution is -0.0259. The van der Waals surface area contributed by atoms with Crippen molar-refractivity contribution in [3.63, 3.8) is 0 Å². The Kier molecular flexibility index (Phi) is 2.55. The normalized spacial score (nSPS) is 28.9. The molecule has 0 aliphatic carbocycles. The van der Waals surface area contributed by atoms with Crippen molar-refractivity contribution in [2.24, 2.45) is 0 Å². The maximum absolute atomic E-state index is 9.77. The topological polar surface area (TPSA) is 23.5 Å². The summed E-state index contributed by atoms with van der Waals surface area (Å²) >= 11 is 0. The summed E-state index contributed by atoms with van der Waals surface area (Å²) in [6.07, 6.45) is 3.68. The number of rotatable bonds is 1. The van der Waals surface area contributed by atoms with Gasteiger partial charge >= 0.3 is 0 Å². The number of piperidine rings is 1. The molecule has 0 saturated carbocycles. The molecular formula is C9H19NO. The van der Waals surface area contributed by atoms with Crippen LogP contribution in [0.15, 0.2) is 0 Å². The third-order valence-electron chi connectivity index (χ3n) is 2.59. The van der Waals surface area contributed by atoms with Crippen LogP contribution in [0, 0.1) is 0 Å². The Hall–Kier alpha value is -0.0800. The summed E-state index contributed by atoms with van der Waals surface area (Å²) in [7, 11) is 2.10. The van der Waals surface area contributed by atoms with Gasteiger partial charge in [0.05, 0.1) is 5.60 Å². The van der Waals surface area contributed by atoms with Crippen LogP contribution in [0.4, 0.5) is 0 Å². The van der Waals surface area contributed by atoms with E-state index in [9.17, 15) is 5.11 Å². The highest BCUT2D eigenvalue weighted by molar-refractivity contribution is 4.87. The van der Waals surface area contributed by atoms with Gasteiger partial charge in [0.15, 0.2) is 0 Å². The number of nitrogens with zero attached hydrogens (tertiary/aromatic N) is 1. The first-order valence-corrected chi connectivity index (χ1v) is 4.44. The second-order valence-electron chi connectivity index (χ2n) is 4.15. The highest BCUT2D eigenvalue weighted by Gasteiger charge is 2.31. The molecular weight excluding hydrogens is 138 g/mol. The molecule has 0 unspecified atom stereocenters. The van der Waals surface area contributed by atoms with Crippen LogP contribution in [-0.4, -0.2) is 35.2 Å². The monoisotopic (exact) mass is 157 g/mol. The molecule has 1 N–H and O–H groups in total. The van der Waals surface area contributed by atoms with E-state index in [-0.39, 0.29) is 0 Å². The Labute approximate surface area is 69.2 Å². The number of hydrogen-bond donors (Lipinski definition) is 1. The molecule has 0 aromatic heterocycles. The number of likely N-dealkylation sites (N-methyl/N-ethyl adjacent to an activating group) is 1. The molecule has 1 atom stereocenters. The van der Waals surface area contributed by atoms with E-state index in [1.165, 1.54) is 12.8 Å². The van der Waals surface area contributed by atoms with Gasteiger partial charge in [-0.05, 0) is 40.3 Å². The Balaban J connectivity index is 2.55. The van der Waals surface area contributed by atoms with E-state index in [0.717, 1.165) is 13.0 Å². The summed E-state index contributed by atoms with van der Waals surface area (Å²) in [5.74, 6) is 0. The van der Waals surface area contributed by atoms with Gasteiger partial charge < -0.3 is 10.0 Å². The van der Waals surface area contributed by atoms with Crippen molar-refractivity contribution in [2.45, 2.75) is 44.8 Å². The fourth-order valence-electron chi connectivity index (χ4n) is 1.97. The fraction of sp³-hybridized carbons (Fsp3) is 1.00. The van der Waals surface area contributed by atoms with Gasteiger partial charge in [0.1, 0.15) is 0 Å². The van der Waals surface area contributed by atoms with Crippen LogP contribution in [0.2, 0.25) is 0 Å². The van der Waals surface area contributed by atoms with E-state index < -0.39 is 5.60 Å². The third-order valence-corrected chi connectivity index (χ3v) is 2.59. The van der Waals surface area contributed by atoms with E-state index in [4.69, 9.17) is 0 Å². The van der Waals surface area contributed by atoms with Crippen molar-refractivity contribution in [3.05, 3.63) is 0 Å². The van der Waals surface area contributed by atoms with Crippen LogP contribution >= 0.6 is 0 Å². The van der Waals surface area contributed by atoms with Crippen molar-refractivity contribution < 1.29 is 5.11 Å². The van der Waals surface area contributed by atoms with Gasteiger partial charge in [-0.25, -0.2) is 0 Å². The molecule has 0 spiro atoms. The van der Waals surface area contributed by atoms with Crippen molar-refractivity contribution in [1.82, 2.24) is 4.90 Å². The van der Waals surface area contributed by atoms with E-state index in [2.05, 4.69) is 11.9 Å². The van der Waals surface area contributed by atoms with E-state index in [0.29, 0.717) is 6.04 Å². The van der Waals surface area contributed by atoms with Gasteiger partial charge in [-0.2, -0.15) is 0 Å². The van der Waals surface area contributed by atoms with Gasteiger partial charge in [-0.3, -0.25) is 0 Å². The summed E-state index contributed by atoms with van der Waals surface area (Å²) in [6, 6.07) is 0.358. The highest BCUT2D eigenvalue weighted by Crippen LogP contribution is 2.24. The summed E-state index contributed by atoms with van der Waals surface area (Å²) < 4.78 is 0. The summed E-state index contributed by atoms with van der Waals surface area (Å²) in [5.41, 5.74) is -0.533. The van der Waals surface area contributed by atoms with Crippen molar-refractivity contribution in [1.29, 1.82) is 0 Å². The Morgan fingerprint density at radius 3 is 2.36 bits per heavy atom. The molecule has 2 heteroatoms. The van der Waals surface area contributed by atoms with Crippen molar-refractivity contribution in [3.8, 4) is 0 Å². The van der Waals surface area contributed by atoms with Gasteiger partial charge in [-0.1, -0.05) is 6.42 Å². The zero-order valence-corrected chi connectivity index (χ0v) is 7.80. The second-order valence-corrected chi connectivity index (χ2v) is 4.15. The maximum atomic E-state index is 9.77. The largest absolute Gasteiger partial charge is 0.389 e. The average Bonchev–Trinajstić information content (AvgIpc) is 1.86. The smallest absolute Gasteiger partial charge is 0.0746 e. The third kappa shape index (κ3) is 2.17. The van der Waals surface area contributed by atoms with Gasteiger partial charge in [0.2, 0.25) is 0 Å². The lowest BCUT2D eigenvalue weighted by Crippen LogP contribution is -2.49. The standard InChI is InChI=1S/C9H19NO/c1-9(2,11)8-6-4-5-7-10(8)3/h8,11H,4-7H2,1-3H3/t8-/m0/s1. The van der Waals surface area contributed by atoms with E-state index in [1.807, 2.05) is 13.8 Å². The average molecular weight is 157 g/mol. The van der Waals surface area contributed by atoms with E-state index >= 15 is 0 Å². The summed E-state index contributed by atoms with van der Waals surface area (Å²) in [6.45, 7) is 4.94. The zero-order chi connectivity index (χ0) is 8.48. The second kappa shape index (κ2) is 3.11. The molecule has 1 aliphatic heterocycles. The summed E-state index contributed by atoms with van der Waals surface area (Å²) in [5, 5.41) is 9.77. The Bertz CT molecular complexity index is 128. The molecule has 0 bridgehead atoms. The molecule has 11 heavy (non-hydrogen) atoms. The molecule has 1 rings (SSSR count). The van der Waals surface area contributed by atoms with Crippen LogP contribution < -0.4 is 0 Å². The molecule has 1 aliphatic rings. The van der Waals surface area contributed by atoms with Crippen molar-refractivity contribution in [2.75, 3.05) is 13.6 Å². The van der Waals surface area contributed by atoms with Gasteiger partial charge in [-0.15, -0.1) is 0 Å². The number of aliphatic hydroxyl groups is 1. The predicted molar refractivity (Wildman–Crippen MR) is 46.6 cm³/mol. The number of likely N-dealkylation sites (tertiary alicyclic amines) is 1. The molecule has 0 aromatic carbocycles. The predicted octanol–water partition coefficient (Wildman–Crippen LogP) is 1.24. The van der Waals surface area contributed by atoms with E-state index in [1.54, 1.807) is 0 Å². The molecule has 1 fully saturated rings. The van der Waals surface area contributed by atoms with Crippen LogP contribution in [0.1, 0.15) is 33.1 Å². The highest BCUT2D eigenvalue weighted by atomic mass is 16.3. The lowest BCUT2D eigenvalue weighted by Gasteiger charge is -2.40. The minimum absolute atomic E-state index is 0.358. The quantitative estimate of drug-likeness (QED) is 0.619. The first kappa shape index (κ1) is 9.01. The molecule has 1 saturated heterocycles. The minimum atomic E-state index is -0.533. The molecule has 0 radical (unpaired) electrons. The minimum Gasteiger partial charge on any atom is -0.389 e. The van der Waals surface area contributed by atoms with Gasteiger partial charge in [0.25, 0.3) is 0 Å². The lowest BCUT2D eigenvalue weighted by atomic mass is 9.90. The van der Waals surface area contributed by atoms with Crippen LogP contribution in [-0.2, 0) is 0 Å².